The number of hydrogen-bond acceptors (Lipinski definition) is 3. The van der Waals surface area contributed by atoms with Crippen molar-refractivity contribution < 1.29 is 9.47 Å². The van der Waals surface area contributed by atoms with Gasteiger partial charge in [0, 0.05) is 11.6 Å². The highest BCUT2D eigenvalue weighted by atomic mass is 16.5. The van der Waals surface area contributed by atoms with E-state index in [0.29, 0.717) is 11.5 Å². The van der Waals surface area contributed by atoms with Crippen LogP contribution in [0.2, 0.25) is 0 Å². The monoisotopic (exact) mass is 177 g/mol. The Balaban J connectivity index is 3.10. The molecule has 0 spiro atoms. The lowest BCUT2D eigenvalue weighted by atomic mass is 10.2. The van der Waals surface area contributed by atoms with Gasteiger partial charge in [0.1, 0.15) is 0 Å². The van der Waals surface area contributed by atoms with Crippen molar-refractivity contribution in [1.29, 1.82) is 0 Å². The highest BCUT2D eigenvalue weighted by Gasteiger charge is 2.02. The number of benzene rings is 1. The molecule has 0 unspecified atom stereocenters. The smallest absolute Gasteiger partial charge is 0.161 e. The van der Waals surface area contributed by atoms with Crippen molar-refractivity contribution in [3.8, 4) is 23.5 Å². The molecule has 1 rings (SSSR count). The normalized spacial score (nSPS) is 8.46. The molecule has 0 fully saturated rings. The third kappa shape index (κ3) is 2.06. The highest BCUT2D eigenvalue weighted by molar-refractivity contribution is 5.48. The van der Waals surface area contributed by atoms with Crippen molar-refractivity contribution in [3.05, 3.63) is 23.8 Å². The van der Waals surface area contributed by atoms with E-state index in [1.165, 1.54) is 0 Å². The fourth-order valence-corrected chi connectivity index (χ4v) is 0.997. The topological polar surface area (TPSA) is 44.5 Å². The van der Waals surface area contributed by atoms with Crippen LogP contribution in [0.5, 0.6) is 11.5 Å². The lowest BCUT2D eigenvalue weighted by Crippen LogP contribution is -1.91. The molecule has 0 aliphatic rings. The van der Waals surface area contributed by atoms with Crippen LogP contribution in [0, 0.1) is 12.0 Å². The van der Waals surface area contributed by atoms with Crippen molar-refractivity contribution in [3.63, 3.8) is 0 Å². The molecule has 13 heavy (non-hydrogen) atoms. The summed E-state index contributed by atoms with van der Waals surface area (Å²) in [7, 11) is 3.17. The van der Waals surface area contributed by atoms with E-state index in [1.807, 2.05) is 6.07 Å². The second-order valence-electron chi connectivity index (χ2n) is 2.34. The van der Waals surface area contributed by atoms with E-state index < -0.39 is 0 Å². The quantitative estimate of drug-likeness (QED) is 0.540. The summed E-state index contributed by atoms with van der Waals surface area (Å²) in [5.74, 6) is 4.07. The van der Waals surface area contributed by atoms with E-state index in [1.54, 1.807) is 26.4 Å². The van der Waals surface area contributed by atoms with Gasteiger partial charge in [0.15, 0.2) is 11.5 Å². The molecule has 1 aromatic carbocycles. The first kappa shape index (κ1) is 9.27. The third-order valence-electron chi connectivity index (χ3n) is 1.60. The van der Waals surface area contributed by atoms with Gasteiger partial charge in [-0.05, 0) is 24.1 Å². The Morgan fingerprint density at radius 2 is 1.85 bits per heavy atom. The molecule has 0 amide bonds. The Bertz CT molecular complexity index is 350. The summed E-state index contributed by atoms with van der Waals surface area (Å²) in [6.45, 7) is 0. The molecule has 0 atom stereocenters. The molecule has 0 aliphatic heterocycles. The van der Waals surface area contributed by atoms with Crippen LogP contribution < -0.4 is 15.2 Å². The SMILES string of the molecule is COc1ccc(C#CN)cc1OC. The second kappa shape index (κ2) is 4.27. The van der Waals surface area contributed by atoms with E-state index in [2.05, 4.69) is 12.0 Å². The number of rotatable bonds is 2. The lowest BCUT2D eigenvalue weighted by molar-refractivity contribution is 0.355. The molecule has 0 saturated heterocycles. The van der Waals surface area contributed by atoms with Crippen LogP contribution in [-0.2, 0) is 0 Å². The summed E-state index contributed by atoms with van der Waals surface area (Å²) in [6, 6.07) is 7.71. The van der Waals surface area contributed by atoms with Gasteiger partial charge >= 0.3 is 0 Å². The van der Waals surface area contributed by atoms with Crippen molar-refractivity contribution >= 4 is 0 Å². The Hall–Kier alpha value is -1.82. The largest absolute Gasteiger partial charge is 0.493 e. The third-order valence-corrected chi connectivity index (χ3v) is 1.60. The molecular weight excluding hydrogens is 166 g/mol. The summed E-state index contributed by atoms with van der Waals surface area (Å²) in [4.78, 5) is 0. The Kier molecular flexibility index (Phi) is 3.04. The number of methoxy groups -OCH3 is 2. The van der Waals surface area contributed by atoms with E-state index in [9.17, 15) is 0 Å². The van der Waals surface area contributed by atoms with Gasteiger partial charge in [0.2, 0.25) is 0 Å². The maximum absolute atomic E-state index is 5.09. The maximum Gasteiger partial charge on any atom is 0.161 e. The zero-order valence-corrected chi connectivity index (χ0v) is 7.63. The molecule has 0 aromatic heterocycles. The van der Waals surface area contributed by atoms with Crippen LogP contribution in [-0.4, -0.2) is 14.2 Å². The minimum atomic E-state index is 0.655. The summed E-state index contributed by atoms with van der Waals surface area (Å²) >= 11 is 0. The number of ether oxygens (including phenoxy) is 2. The molecule has 0 radical (unpaired) electrons. The molecule has 0 heterocycles. The van der Waals surface area contributed by atoms with Gasteiger partial charge in [0.25, 0.3) is 0 Å². The van der Waals surface area contributed by atoms with Crippen molar-refractivity contribution in [2.45, 2.75) is 0 Å². The molecule has 3 heteroatoms. The van der Waals surface area contributed by atoms with Crippen molar-refractivity contribution in [1.82, 2.24) is 0 Å². The minimum Gasteiger partial charge on any atom is -0.493 e. The van der Waals surface area contributed by atoms with E-state index in [-0.39, 0.29) is 0 Å². The maximum atomic E-state index is 5.09. The molecular formula is C10H11NO2. The molecule has 0 bridgehead atoms. The van der Waals surface area contributed by atoms with Gasteiger partial charge in [-0.25, -0.2) is 0 Å². The van der Waals surface area contributed by atoms with Gasteiger partial charge in [0.05, 0.1) is 14.2 Å². The zero-order valence-electron chi connectivity index (χ0n) is 7.63. The van der Waals surface area contributed by atoms with Gasteiger partial charge in [-0.2, -0.15) is 0 Å². The summed E-state index contributed by atoms with van der Waals surface area (Å²) in [5.41, 5.74) is 5.90. The van der Waals surface area contributed by atoms with Gasteiger partial charge < -0.3 is 15.2 Å². The fraction of sp³-hybridized carbons (Fsp3) is 0.200. The van der Waals surface area contributed by atoms with Crippen LogP contribution >= 0.6 is 0 Å². The molecule has 3 nitrogen and oxygen atoms in total. The van der Waals surface area contributed by atoms with Crippen molar-refractivity contribution in [2.24, 2.45) is 5.73 Å². The van der Waals surface area contributed by atoms with Crippen LogP contribution in [0.3, 0.4) is 0 Å². The van der Waals surface area contributed by atoms with Crippen molar-refractivity contribution in [2.75, 3.05) is 14.2 Å². The Morgan fingerprint density at radius 3 is 2.38 bits per heavy atom. The first-order valence-electron chi connectivity index (χ1n) is 3.75. The average molecular weight is 177 g/mol. The molecule has 0 aliphatic carbocycles. The molecule has 68 valence electrons. The number of hydrogen-bond donors (Lipinski definition) is 1. The fourth-order valence-electron chi connectivity index (χ4n) is 0.997. The zero-order chi connectivity index (χ0) is 9.68. The van der Waals surface area contributed by atoms with Gasteiger partial charge in [-0.3, -0.25) is 0 Å². The molecule has 2 N–H and O–H groups in total. The van der Waals surface area contributed by atoms with Crippen LogP contribution in [0.1, 0.15) is 5.56 Å². The molecule has 1 aromatic rings. The van der Waals surface area contributed by atoms with Crippen LogP contribution in [0.25, 0.3) is 0 Å². The second-order valence-corrected chi connectivity index (χ2v) is 2.34. The first-order valence-corrected chi connectivity index (χ1v) is 3.75. The summed E-state index contributed by atoms with van der Waals surface area (Å²) < 4.78 is 10.2. The summed E-state index contributed by atoms with van der Waals surface area (Å²) in [5, 5.41) is 0. The standard InChI is InChI=1S/C10H11NO2/c1-12-9-4-3-8(5-6-11)7-10(9)13-2/h3-4,7H,11H2,1-2H3. The molecule has 0 saturated carbocycles. The predicted octanol–water partition coefficient (Wildman–Crippen LogP) is 0.971. The minimum absolute atomic E-state index is 0.655. The summed E-state index contributed by atoms with van der Waals surface area (Å²) in [6.07, 6.45) is 0. The lowest BCUT2D eigenvalue weighted by Gasteiger charge is -2.06. The first-order chi connectivity index (χ1) is 6.31. The van der Waals surface area contributed by atoms with Crippen LogP contribution in [0.15, 0.2) is 18.2 Å². The Morgan fingerprint density at radius 1 is 1.15 bits per heavy atom. The van der Waals surface area contributed by atoms with E-state index >= 15 is 0 Å². The van der Waals surface area contributed by atoms with Gasteiger partial charge in [-0.15, -0.1) is 0 Å². The highest BCUT2D eigenvalue weighted by Crippen LogP contribution is 2.26. The van der Waals surface area contributed by atoms with E-state index in [0.717, 1.165) is 5.56 Å². The Labute approximate surface area is 77.5 Å². The van der Waals surface area contributed by atoms with Crippen LogP contribution in [0.4, 0.5) is 0 Å². The average Bonchev–Trinajstić information content (AvgIpc) is 2.18. The van der Waals surface area contributed by atoms with E-state index in [4.69, 9.17) is 15.2 Å². The number of nitrogens with two attached hydrogens (primary N) is 1. The predicted molar refractivity (Wildman–Crippen MR) is 50.6 cm³/mol. The van der Waals surface area contributed by atoms with Gasteiger partial charge in [-0.1, -0.05) is 0 Å².